The molecule has 0 aromatic carbocycles. The highest BCUT2D eigenvalue weighted by atomic mass is 32.1. The van der Waals surface area contributed by atoms with Gasteiger partial charge in [-0.1, -0.05) is 5.16 Å². The van der Waals surface area contributed by atoms with Gasteiger partial charge in [-0.2, -0.15) is 4.98 Å². The molecule has 0 saturated carbocycles. The molecule has 1 aliphatic rings. The fourth-order valence-corrected chi connectivity index (χ4v) is 3.67. The lowest BCUT2D eigenvalue weighted by atomic mass is 9.94. The fraction of sp³-hybridized carbons (Fsp3) is 0.643. The highest BCUT2D eigenvalue weighted by Crippen LogP contribution is 2.24. The van der Waals surface area contributed by atoms with Crippen molar-refractivity contribution in [3.8, 4) is 0 Å². The maximum absolute atomic E-state index is 5.06. The van der Waals surface area contributed by atoms with E-state index in [2.05, 4.69) is 25.3 Å². The van der Waals surface area contributed by atoms with Gasteiger partial charge in [-0.25, -0.2) is 4.98 Å². The van der Waals surface area contributed by atoms with E-state index >= 15 is 0 Å². The first-order valence-electron chi connectivity index (χ1n) is 7.37. The van der Waals surface area contributed by atoms with Gasteiger partial charge in [-0.15, -0.1) is 11.3 Å². The molecule has 0 amide bonds. The maximum atomic E-state index is 5.06. The summed E-state index contributed by atoms with van der Waals surface area (Å²) in [6, 6.07) is 0. The van der Waals surface area contributed by atoms with E-state index in [1.54, 1.807) is 11.3 Å². The smallest absolute Gasteiger partial charge is 0.223 e. The van der Waals surface area contributed by atoms with Gasteiger partial charge >= 0.3 is 0 Å². The number of nitrogens with zero attached hydrogens (tertiary/aromatic N) is 4. The SMILES string of the molecule is CNc1ncc(CN2CCCC(Cc3noc(C)n3)C2)s1. The standard InChI is InChI=1S/C14H21N5OS/c1-10-17-13(18-20-10)6-11-4-3-5-19(8-11)9-12-7-16-14(15-2)21-12/h7,11H,3-6,8-9H2,1-2H3,(H,15,16). The number of piperidine rings is 1. The quantitative estimate of drug-likeness (QED) is 0.914. The molecule has 1 atom stereocenters. The lowest BCUT2D eigenvalue weighted by Crippen LogP contribution is -2.35. The number of anilines is 1. The molecule has 1 fully saturated rings. The van der Waals surface area contributed by atoms with Crippen molar-refractivity contribution in [1.29, 1.82) is 0 Å². The van der Waals surface area contributed by atoms with E-state index in [1.807, 2.05) is 20.2 Å². The summed E-state index contributed by atoms with van der Waals surface area (Å²) >= 11 is 1.73. The first-order chi connectivity index (χ1) is 10.2. The van der Waals surface area contributed by atoms with Crippen LogP contribution >= 0.6 is 11.3 Å². The van der Waals surface area contributed by atoms with Crippen LogP contribution in [0.25, 0.3) is 0 Å². The lowest BCUT2D eigenvalue weighted by molar-refractivity contribution is 0.166. The Morgan fingerprint density at radius 3 is 3.14 bits per heavy atom. The van der Waals surface area contributed by atoms with Gasteiger partial charge in [-0.05, 0) is 25.3 Å². The minimum absolute atomic E-state index is 0.618. The van der Waals surface area contributed by atoms with Crippen molar-refractivity contribution in [3.05, 3.63) is 22.8 Å². The molecule has 3 rings (SSSR count). The summed E-state index contributed by atoms with van der Waals surface area (Å²) in [6.07, 6.45) is 5.37. The summed E-state index contributed by atoms with van der Waals surface area (Å²) in [6.45, 7) is 5.09. The molecule has 0 spiro atoms. The van der Waals surface area contributed by atoms with Crippen molar-refractivity contribution in [1.82, 2.24) is 20.0 Å². The fourth-order valence-electron chi connectivity index (χ4n) is 2.86. The number of thiazole rings is 1. The molecule has 1 aliphatic heterocycles. The molecule has 1 saturated heterocycles. The molecule has 114 valence electrons. The Labute approximate surface area is 128 Å². The Morgan fingerprint density at radius 2 is 2.43 bits per heavy atom. The van der Waals surface area contributed by atoms with Crippen LogP contribution in [0.4, 0.5) is 5.13 Å². The van der Waals surface area contributed by atoms with Crippen molar-refractivity contribution in [2.75, 3.05) is 25.5 Å². The molecule has 0 aliphatic carbocycles. The normalized spacial score (nSPS) is 19.8. The largest absolute Gasteiger partial charge is 0.365 e. The van der Waals surface area contributed by atoms with Gasteiger partial charge in [0.25, 0.3) is 0 Å². The predicted octanol–water partition coefficient (Wildman–Crippen LogP) is 2.33. The third-order valence-corrected chi connectivity index (χ3v) is 4.79. The van der Waals surface area contributed by atoms with Crippen LogP contribution in [-0.2, 0) is 13.0 Å². The van der Waals surface area contributed by atoms with Crippen LogP contribution in [0.1, 0.15) is 29.4 Å². The molecule has 1 N–H and O–H groups in total. The molecule has 2 aromatic rings. The molecule has 0 radical (unpaired) electrons. The van der Waals surface area contributed by atoms with Crippen LogP contribution in [-0.4, -0.2) is 40.2 Å². The number of likely N-dealkylation sites (tertiary alicyclic amines) is 1. The monoisotopic (exact) mass is 307 g/mol. The minimum Gasteiger partial charge on any atom is -0.365 e. The summed E-state index contributed by atoms with van der Waals surface area (Å²) < 4.78 is 5.06. The second kappa shape index (κ2) is 6.53. The highest BCUT2D eigenvalue weighted by Gasteiger charge is 2.22. The van der Waals surface area contributed by atoms with Crippen molar-refractivity contribution >= 4 is 16.5 Å². The van der Waals surface area contributed by atoms with Crippen molar-refractivity contribution < 1.29 is 4.52 Å². The molecule has 2 aromatic heterocycles. The van der Waals surface area contributed by atoms with E-state index in [4.69, 9.17) is 4.52 Å². The minimum atomic E-state index is 0.618. The van der Waals surface area contributed by atoms with Gasteiger partial charge < -0.3 is 9.84 Å². The first kappa shape index (κ1) is 14.5. The van der Waals surface area contributed by atoms with E-state index < -0.39 is 0 Å². The van der Waals surface area contributed by atoms with Gasteiger partial charge in [0, 0.05) is 44.6 Å². The molecule has 1 unspecified atom stereocenters. The van der Waals surface area contributed by atoms with E-state index in [-0.39, 0.29) is 0 Å². The molecule has 7 heteroatoms. The number of rotatable bonds is 5. The van der Waals surface area contributed by atoms with Gasteiger partial charge in [-0.3, -0.25) is 4.90 Å². The van der Waals surface area contributed by atoms with Gasteiger partial charge in [0.15, 0.2) is 11.0 Å². The van der Waals surface area contributed by atoms with Crippen molar-refractivity contribution in [2.24, 2.45) is 5.92 Å². The number of aromatic nitrogens is 3. The average Bonchev–Trinajstić information content (AvgIpc) is 3.08. The second-order valence-corrected chi connectivity index (χ2v) is 6.67. The number of hydrogen-bond acceptors (Lipinski definition) is 7. The molecular weight excluding hydrogens is 286 g/mol. The lowest BCUT2D eigenvalue weighted by Gasteiger charge is -2.31. The maximum Gasteiger partial charge on any atom is 0.223 e. The molecule has 21 heavy (non-hydrogen) atoms. The van der Waals surface area contributed by atoms with Gasteiger partial charge in [0.05, 0.1) is 0 Å². The van der Waals surface area contributed by atoms with Crippen molar-refractivity contribution in [3.63, 3.8) is 0 Å². The van der Waals surface area contributed by atoms with E-state index in [1.165, 1.54) is 17.7 Å². The van der Waals surface area contributed by atoms with Gasteiger partial charge in [0.2, 0.25) is 5.89 Å². The van der Waals surface area contributed by atoms with Crippen LogP contribution < -0.4 is 5.32 Å². The Morgan fingerprint density at radius 1 is 1.52 bits per heavy atom. The number of aryl methyl sites for hydroxylation is 1. The Hall–Kier alpha value is -1.47. The zero-order chi connectivity index (χ0) is 14.7. The number of hydrogen-bond donors (Lipinski definition) is 1. The topological polar surface area (TPSA) is 67.1 Å². The second-order valence-electron chi connectivity index (χ2n) is 5.56. The molecular formula is C14H21N5OS. The van der Waals surface area contributed by atoms with E-state index in [0.29, 0.717) is 11.8 Å². The highest BCUT2D eigenvalue weighted by molar-refractivity contribution is 7.15. The molecule has 0 bridgehead atoms. The van der Waals surface area contributed by atoms with Crippen LogP contribution in [0.2, 0.25) is 0 Å². The molecule has 3 heterocycles. The Kier molecular flexibility index (Phi) is 4.50. The third-order valence-electron chi connectivity index (χ3n) is 3.79. The zero-order valence-corrected chi connectivity index (χ0v) is 13.3. The van der Waals surface area contributed by atoms with Crippen LogP contribution in [0.3, 0.4) is 0 Å². The van der Waals surface area contributed by atoms with Crippen LogP contribution in [0.5, 0.6) is 0 Å². The molecule has 6 nitrogen and oxygen atoms in total. The summed E-state index contributed by atoms with van der Waals surface area (Å²) in [4.78, 5) is 12.5. The Bertz CT molecular complexity index is 581. The van der Waals surface area contributed by atoms with Crippen LogP contribution in [0, 0.1) is 12.8 Å². The summed E-state index contributed by atoms with van der Waals surface area (Å²) in [7, 11) is 1.91. The summed E-state index contributed by atoms with van der Waals surface area (Å²) in [5.74, 6) is 2.11. The Balaban J connectivity index is 1.55. The summed E-state index contributed by atoms with van der Waals surface area (Å²) in [5.41, 5.74) is 0. The van der Waals surface area contributed by atoms with Crippen LogP contribution in [0.15, 0.2) is 10.7 Å². The first-order valence-corrected chi connectivity index (χ1v) is 8.18. The van der Waals surface area contributed by atoms with E-state index in [9.17, 15) is 0 Å². The predicted molar refractivity (Wildman–Crippen MR) is 82.4 cm³/mol. The third kappa shape index (κ3) is 3.79. The number of nitrogens with one attached hydrogen (secondary N) is 1. The van der Waals surface area contributed by atoms with Crippen molar-refractivity contribution in [2.45, 2.75) is 32.7 Å². The van der Waals surface area contributed by atoms with E-state index in [0.717, 1.165) is 37.0 Å². The zero-order valence-electron chi connectivity index (χ0n) is 12.5. The van der Waals surface area contributed by atoms with Gasteiger partial charge in [0.1, 0.15) is 0 Å². The summed E-state index contributed by atoms with van der Waals surface area (Å²) in [5, 5.41) is 8.09. The average molecular weight is 307 g/mol.